The third kappa shape index (κ3) is 6.06. The van der Waals surface area contributed by atoms with Gasteiger partial charge >= 0.3 is 5.97 Å². The highest BCUT2D eigenvalue weighted by Gasteiger charge is 2.46. The molecule has 0 saturated heterocycles. The van der Waals surface area contributed by atoms with E-state index in [0.29, 0.717) is 36.4 Å². The zero-order valence-electron chi connectivity index (χ0n) is 21.9. The van der Waals surface area contributed by atoms with E-state index in [1.165, 1.54) is 0 Å². The average Bonchev–Trinajstić information content (AvgIpc) is 2.95. The number of para-hydroxylation sites is 1. The van der Waals surface area contributed by atoms with Crippen LogP contribution in [0.15, 0.2) is 72.8 Å². The first-order valence-electron chi connectivity index (χ1n) is 13.3. The molecular weight excluding hydrogens is 476 g/mol. The second-order valence-corrected chi connectivity index (χ2v) is 9.88. The summed E-state index contributed by atoms with van der Waals surface area (Å²) in [6.07, 6.45) is 5.56. The summed E-state index contributed by atoms with van der Waals surface area (Å²) in [4.78, 5) is 31.1. The zero-order valence-corrected chi connectivity index (χ0v) is 21.9. The lowest BCUT2D eigenvalue weighted by molar-refractivity contribution is -0.163. The van der Waals surface area contributed by atoms with Crippen LogP contribution in [0, 0.1) is 6.57 Å². The number of hydrogen-bond donors (Lipinski definition) is 1. The Hall–Kier alpha value is -4.11. The van der Waals surface area contributed by atoms with E-state index in [4.69, 9.17) is 11.3 Å². The fourth-order valence-electron chi connectivity index (χ4n) is 5.18. The second kappa shape index (κ2) is 12.4. The van der Waals surface area contributed by atoms with Crippen molar-refractivity contribution in [2.24, 2.45) is 0 Å². The Labute approximate surface area is 224 Å². The number of carboxylic acids is 1. The van der Waals surface area contributed by atoms with Crippen molar-refractivity contribution in [1.29, 1.82) is 0 Å². The second-order valence-electron chi connectivity index (χ2n) is 9.88. The maximum Gasteiger partial charge on any atom is 0.329 e. The summed E-state index contributed by atoms with van der Waals surface area (Å²) < 4.78 is 5.97. The molecule has 1 fully saturated rings. The van der Waals surface area contributed by atoms with Crippen molar-refractivity contribution in [2.45, 2.75) is 70.4 Å². The minimum atomic E-state index is -1.15. The van der Waals surface area contributed by atoms with Crippen LogP contribution >= 0.6 is 0 Å². The van der Waals surface area contributed by atoms with E-state index in [9.17, 15) is 14.7 Å². The molecule has 1 saturated carbocycles. The molecule has 4 rings (SSSR count). The van der Waals surface area contributed by atoms with E-state index in [0.717, 1.165) is 48.8 Å². The zero-order chi connectivity index (χ0) is 27.0. The Kier molecular flexibility index (Phi) is 8.81. The number of carbonyl (C=O) groups excluding carboxylic acids is 1. The van der Waals surface area contributed by atoms with Gasteiger partial charge in [-0.3, -0.25) is 4.79 Å². The van der Waals surface area contributed by atoms with Crippen molar-refractivity contribution in [3.05, 3.63) is 89.8 Å². The number of carbonyl (C=O) groups is 2. The molecule has 1 aliphatic carbocycles. The lowest BCUT2D eigenvalue weighted by atomic mass is 9.79. The highest BCUT2D eigenvalue weighted by molar-refractivity contribution is 5.87. The number of hydrogen-bond acceptors (Lipinski definition) is 3. The first-order chi connectivity index (χ1) is 18.5. The monoisotopic (exact) mass is 510 g/mol. The number of nitrogens with zero attached hydrogens (tertiary/aromatic N) is 2. The molecule has 196 valence electrons. The van der Waals surface area contributed by atoms with Gasteiger partial charge < -0.3 is 14.7 Å². The van der Waals surface area contributed by atoms with Gasteiger partial charge in [0.15, 0.2) is 5.69 Å². The van der Waals surface area contributed by atoms with Gasteiger partial charge in [0.05, 0.1) is 6.57 Å². The summed E-state index contributed by atoms with van der Waals surface area (Å²) in [5.41, 5.74) is 1.84. The van der Waals surface area contributed by atoms with Crippen molar-refractivity contribution in [1.82, 2.24) is 4.90 Å². The molecule has 0 aliphatic heterocycles. The van der Waals surface area contributed by atoms with E-state index in [-0.39, 0.29) is 12.5 Å². The molecule has 0 heterocycles. The van der Waals surface area contributed by atoms with Crippen molar-refractivity contribution < 1.29 is 19.4 Å². The molecule has 1 amide bonds. The number of ether oxygens (including phenoxy) is 1. The van der Waals surface area contributed by atoms with Crippen molar-refractivity contribution >= 4 is 17.6 Å². The smallest absolute Gasteiger partial charge is 0.329 e. The summed E-state index contributed by atoms with van der Waals surface area (Å²) in [5.74, 6) is 0.347. The molecule has 6 heteroatoms. The molecule has 0 bridgehead atoms. The first-order valence-corrected chi connectivity index (χ1v) is 13.3. The maximum absolute atomic E-state index is 13.3. The Morgan fingerprint density at radius 2 is 1.68 bits per heavy atom. The van der Waals surface area contributed by atoms with Crippen LogP contribution in [0.4, 0.5) is 5.69 Å². The number of rotatable bonds is 10. The number of aliphatic carboxylic acids is 1. The van der Waals surface area contributed by atoms with Gasteiger partial charge in [-0.25, -0.2) is 9.64 Å². The molecule has 0 unspecified atom stereocenters. The molecule has 1 aliphatic rings. The lowest BCUT2D eigenvalue weighted by Crippen LogP contribution is -2.57. The normalized spacial score (nSPS) is 14.3. The highest BCUT2D eigenvalue weighted by Crippen LogP contribution is 2.38. The van der Waals surface area contributed by atoms with Crippen LogP contribution < -0.4 is 4.74 Å². The summed E-state index contributed by atoms with van der Waals surface area (Å²) in [6.45, 7) is 9.90. The van der Waals surface area contributed by atoms with Gasteiger partial charge in [-0.15, -0.1) is 0 Å². The van der Waals surface area contributed by atoms with Crippen LogP contribution in [-0.2, 0) is 16.1 Å². The topological polar surface area (TPSA) is 71.2 Å². The van der Waals surface area contributed by atoms with E-state index in [1.54, 1.807) is 17.0 Å². The molecule has 3 aromatic carbocycles. The number of benzene rings is 3. The molecular formula is C32H34N2O4. The Morgan fingerprint density at radius 3 is 2.32 bits per heavy atom. The van der Waals surface area contributed by atoms with E-state index >= 15 is 0 Å². The number of unbranched alkanes of at least 4 members (excludes halogenated alkanes) is 1. The van der Waals surface area contributed by atoms with Gasteiger partial charge in [0.25, 0.3) is 0 Å². The maximum atomic E-state index is 13.3. The molecule has 1 N–H and O–H groups in total. The van der Waals surface area contributed by atoms with Crippen molar-refractivity contribution in [2.75, 3.05) is 0 Å². The largest absolute Gasteiger partial charge is 0.479 e. The molecule has 38 heavy (non-hydrogen) atoms. The van der Waals surface area contributed by atoms with E-state index < -0.39 is 11.5 Å². The lowest BCUT2D eigenvalue weighted by Gasteiger charge is -2.43. The standard InChI is InChI=1S/C32H34N2O4/c1-3-4-13-30(35)34(32(31(36)37)20-9-6-10-21-32)23-24-14-16-25(17-15-24)28-22-27(18-19-29(28)33-2)38-26-11-7-5-8-12-26/h5,7-8,11-12,14-19,22H,3-4,6,9-10,13,20-21,23H2,1H3,(H,36,37). The molecule has 0 spiro atoms. The molecule has 3 aromatic rings. The van der Waals surface area contributed by atoms with Gasteiger partial charge in [-0.05, 0) is 60.2 Å². The Balaban J connectivity index is 1.61. The Bertz CT molecular complexity index is 1290. The van der Waals surface area contributed by atoms with Gasteiger partial charge in [-0.1, -0.05) is 81.1 Å². The van der Waals surface area contributed by atoms with Crippen LogP contribution in [0.5, 0.6) is 11.5 Å². The fourth-order valence-corrected chi connectivity index (χ4v) is 5.18. The van der Waals surface area contributed by atoms with Crippen LogP contribution in [-0.4, -0.2) is 27.4 Å². The van der Waals surface area contributed by atoms with Crippen molar-refractivity contribution in [3.8, 4) is 22.6 Å². The van der Waals surface area contributed by atoms with E-state index in [1.807, 2.05) is 67.6 Å². The average molecular weight is 511 g/mol. The van der Waals surface area contributed by atoms with E-state index in [2.05, 4.69) is 4.85 Å². The van der Waals surface area contributed by atoms with Gasteiger partial charge in [0, 0.05) is 13.0 Å². The summed E-state index contributed by atoms with van der Waals surface area (Å²) in [7, 11) is 0. The number of amides is 1. The summed E-state index contributed by atoms with van der Waals surface area (Å²) >= 11 is 0. The van der Waals surface area contributed by atoms with Gasteiger partial charge in [0.1, 0.15) is 17.0 Å². The van der Waals surface area contributed by atoms with Crippen LogP contribution in [0.25, 0.3) is 16.0 Å². The quantitative estimate of drug-likeness (QED) is 0.281. The highest BCUT2D eigenvalue weighted by atomic mass is 16.5. The summed E-state index contributed by atoms with van der Waals surface area (Å²) in [5, 5.41) is 10.3. The Morgan fingerprint density at radius 1 is 0.974 bits per heavy atom. The van der Waals surface area contributed by atoms with Gasteiger partial charge in [0.2, 0.25) is 5.91 Å². The minimum absolute atomic E-state index is 0.0960. The summed E-state index contributed by atoms with van der Waals surface area (Å²) in [6, 6.07) is 22.6. The number of carboxylic acid groups (broad SMARTS) is 1. The van der Waals surface area contributed by atoms with Gasteiger partial charge in [-0.2, -0.15) is 0 Å². The molecule has 6 nitrogen and oxygen atoms in total. The third-order valence-corrected chi connectivity index (χ3v) is 7.31. The fraction of sp³-hybridized carbons (Fsp3) is 0.344. The van der Waals surface area contributed by atoms with Crippen LogP contribution in [0.3, 0.4) is 0 Å². The molecule has 0 atom stereocenters. The predicted octanol–water partition coefficient (Wildman–Crippen LogP) is 8.00. The van der Waals surface area contributed by atoms with Crippen molar-refractivity contribution in [3.63, 3.8) is 0 Å². The predicted molar refractivity (Wildman–Crippen MR) is 148 cm³/mol. The third-order valence-electron chi connectivity index (χ3n) is 7.31. The SMILES string of the molecule is [C-]#[N+]c1ccc(Oc2ccccc2)cc1-c1ccc(CN(C(=O)CCCC)C2(C(=O)O)CCCCC2)cc1. The molecule has 0 radical (unpaired) electrons. The van der Waals surface area contributed by atoms with Crippen LogP contribution in [0.2, 0.25) is 0 Å². The minimum Gasteiger partial charge on any atom is -0.479 e. The van der Waals surface area contributed by atoms with Crippen LogP contribution in [0.1, 0.15) is 63.9 Å². The molecule has 0 aromatic heterocycles. The first kappa shape index (κ1) is 26.9.